The van der Waals surface area contributed by atoms with E-state index in [1.807, 2.05) is 0 Å². The molecule has 2 N–H and O–H groups in total. The molecule has 90 valence electrons. The summed E-state index contributed by atoms with van der Waals surface area (Å²) in [4.78, 5) is 11.3. The van der Waals surface area contributed by atoms with Crippen molar-refractivity contribution in [2.24, 2.45) is 5.14 Å². The highest BCUT2D eigenvalue weighted by atomic mass is 32.2. The van der Waals surface area contributed by atoms with Gasteiger partial charge in [0.05, 0.1) is 17.6 Å². The van der Waals surface area contributed by atoms with Crippen LogP contribution in [0.3, 0.4) is 0 Å². The fraction of sp³-hybridized carbons (Fsp3) is 0.182. The third kappa shape index (κ3) is 2.64. The van der Waals surface area contributed by atoms with Crippen LogP contribution in [-0.4, -0.2) is 21.5 Å². The molecule has 0 unspecified atom stereocenters. The zero-order chi connectivity index (χ0) is 13.2. The summed E-state index contributed by atoms with van der Waals surface area (Å²) >= 11 is 0. The number of aryl methyl sites for hydroxylation is 1. The van der Waals surface area contributed by atoms with E-state index in [1.165, 1.54) is 13.2 Å². The maximum Gasteiger partial charge on any atom is 0.339 e. The first-order valence-corrected chi connectivity index (χ1v) is 6.08. The number of esters is 1. The van der Waals surface area contributed by atoms with Gasteiger partial charge in [-0.2, -0.15) is 0 Å². The number of carbonyl (C=O) groups excluding carboxylic acids is 1. The van der Waals surface area contributed by atoms with Crippen LogP contribution in [0.25, 0.3) is 0 Å². The monoisotopic (exact) mass is 253 g/mol. The Balaban J connectivity index is 3.62. The fourth-order valence-corrected chi connectivity index (χ4v) is 2.18. The molecule has 0 saturated carbocycles. The summed E-state index contributed by atoms with van der Waals surface area (Å²) in [5.41, 5.74) is 0.652. The average Bonchev–Trinajstić information content (AvgIpc) is 2.25. The zero-order valence-corrected chi connectivity index (χ0v) is 10.2. The highest BCUT2D eigenvalue weighted by Crippen LogP contribution is 2.20. The van der Waals surface area contributed by atoms with E-state index in [2.05, 4.69) is 10.7 Å². The van der Waals surface area contributed by atoms with Crippen molar-refractivity contribution in [3.05, 3.63) is 28.8 Å². The Kier molecular flexibility index (Phi) is 3.56. The van der Waals surface area contributed by atoms with Crippen molar-refractivity contribution >= 4 is 16.0 Å². The van der Waals surface area contributed by atoms with Crippen molar-refractivity contribution in [1.29, 1.82) is 0 Å². The molecule has 0 bridgehead atoms. The van der Waals surface area contributed by atoms with E-state index in [1.54, 1.807) is 6.92 Å². The van der Waals surface area contributed by atoms with Gasteiger partial charge in [-0.1, -0.05) is 5.92 Å². The van der Waals surface area contributed by atoms with Crippen molar-refractivity contribution in [1.82, 2.24) is 0 Å². The topological polar surface area (TPSA) is 86.5 Å². The summed E-state index contributed by atoms with van der Waals surface area (Å²) in [6.07, 6.45) is 5.23. The standard InChI is InChI=1S/C11H11NO4S/c1-4-8-5-7(2)10(17(12,14)15)6-9(8)11(13)16-3/h1,5-6H,2-3H3,(H2,12,14,15). The molecule has 0 aliphatic heterocycles. The Bertz CT molecular complexity index is 611. The number of carbonyl (C=O) groups is 1. The maximum atomic E-state index is 11.4. The molecule has 0 aliphatic carbocycles. The minimum atomic E-state index is -3.90. The first-order chi connectivity index (χ1) is 7.81. The van der Waals surface area contributed by atoms with Gasteiger partial charge in [-0.25, -0.2) is 18.4 Å². The molecule has 0 aromatic heterocycles. The van der Waals surface area contributed by atoms with Gasteiger partial charge in [0.1, 0.15) is 0 Å². The molecule has 0 fully saturated rings. The van der Waals surface area contributed by atoms with Gasteiger partial charge in [-0.3, -0.25) is 0 Å². The number of ether oxygens (including phenoxy) is 1. The van der Waals surface area contributed by atoms with Gasteiger partial charge in [0, 0.05) is 5.56 Å². The summed E-state index contributed by atoms with van der Waals surface area (Å²) in [5.74, 6) is 1.59. The highest BCUT2D eigenvalue weighted by molar-refractivity contribution is 7.89. The lowest BCUT2D eigenvalue weighted by atomic mass is 10.1. The lowest BCUT2D eigenvalue weighted by Crippen LogP contribution is -2.16. The number of sulfonamides is 1. The van der Waals surface area contributed by atoms with Crippen molar-refractivity contribution in [3.63, 3.8) is 0 Å². The molecule has 6 heteroatoms. The molecule has 0 saturated heterocycles. The molecule has 0 atom stereocenters. The number of hydrogen-bond acceptors (Lipinski definition) is 4. The smallest absolute Gasteiger partial charge is 0.339 e. The maximum absolute atomic E-state index is 11.4. The van der Waals surface area contributed by atoms with Crippen molar-refractivity contribution in [2.45, 2.75) is 11.8 Å². The van der Waals surface area contributed by atoms with Gasteiger partial charge in [-0.15, -0.1) is 6.42 Å². The quantitative estimate of drug-likeness (QED) is 0.611. The second-order valence-electron chi connectivity index (χ2n) is 3.34. The minimum Gasteiger partial charge on any atom is -0.465 e. The molecule has 1 aromatic carbocycles. The normalized spacial score (nSPS) is 10.7. The van der Waals surface area contributed by atoms with E-state index in [9.17, 15) is 13.2 Å². The molecule has 0 amide bonds. The fourth-order valence-electron chi connectivity index (χ4n) is 1.39. The molecule has 0 heterocycles. The van der Waals surface area contributed by atoms with Crippen LogP contribution in [0.4, 0.5) is 0 Å². The SMILES string of the molecule is C#Cc1cc(C)c(S(N)(=O)=O)cc1C(=O)OC. The first kappa shape index (κ1) is 13.2. The Morgan fingerprint density at radius 1 is 1.47 bits per heavy atom. The zero-order valence-electron chi connectivity index (χ0n) is 9.35. The Morgan fingerprint density at radius 2 is 2.06 bits per heavy atom. The summed E-state index contributed by atoms with van der Waals surface area (Å²) in [6.45, 7) is 1.54. The predicted molar refractivity (Wildman–Crippen MR) is 61.8 cm³/mol. The van der Waals surface area contributed by atoms with E-state index >= 15 is 0 Å². The molecule has 1 aromatic rings. The summed E-state index contributed by atoms with van der Waals surface area (Å²) in [5, 5.41) is 5.03. The van der Waals surface area contributed by atoms with E-state index in [0.29, 0.717) is 5.56 Å². The lowest BCUT2D eigenvalue weighted by Gasteiger charge is -2.08. The molecule has 1 rings (SSSR count). The number of hydrogen-bond donors (Lipinski definition) is 1. The van der Waals surface area contributed by atoms with Crippen molar-refractivity contribution < 1.29 is 17.9 Å². The van der Waals surface area contributed by atoms with Crippen LogP contribution >= 0.6 is 0 Å². The Labute approximate surface area is 99.6 Å². The third-order valence-electron chi connectivity index (χ3n) is 2.18. The van der Waals surface area contributed by atoms with Crippen LogP contribution in [-0.2, 0) is 14.8 Å². The van der Waals surface area contributed by atoms with Gasteiger partial charge >= 0.3 is 5.97 Å². The van der Waals surface area contributed by atoms with Crippen molar-refractivity contribution in [3.8, 4) is 12.3 Å². The van der Waals surface area contributed by atoms with Crippen LogP contribution in [0.1, 0.15) is 21.5 Å². The van der Waals surface area contributed by atoms with Crippen LogP contribution in [0, 0.1) is 19.3 Å². The number of nitrogens with two attached hydrogens (primary N) is 1. The van der Waals surface area contributed by atoms with Crippen LogP contribution < -0.4 is 5.14 Å². The highest BCUT2D eigenvalue weighted by Gasteiger charge is 2.18. The Morgan fingerprint density at radius 3 is 2.47 bits per heavy atom. The van der Waals surface area contributed by atoms with Gasteiger partial charge in [0.15, 0.2) is 0 Å². The molecule has 17 heavy (non-hydrogen) atoms. The van der Waals surface area contributed by atoms with Gasteiger partial charge < -0.3 is 4.74 Å². The number of methoxy groups -OCH3 is 1. The van der Waals surface area contributed by atoms with Gasteiger partial charge in [-0.05, 0) is 24.6 Å². The van der Waals surface area contributed by atoms with Gasteiger partial charge in [0.2, 0.25) is 10.0 Å². The van der Waals surface area contributed by atoms with E-state index in [0.717, 1.165) is 6.07 Å². The molecule has 5 nitrogen and oxygen atoms in total. The molecular formula is C11H11NO4S. The van der Waals surface area contributed by atoms with Crippen LogP contribution in [0.15, 0.2) is 17.0 Å². The molecule has 0 radical (unpaired) electrons. The second kappa shape index (κ2) is 4.57. The molecular weight excluding hydrogens is 242 g/mol. The largest absolute Gasteiger partial charge is 0.465 e. The van der Waals surface area contributed by atoms with Crippen molar-refractivity contribution in [2.75, 3.05) is 7.11 Å². The summed E-state index contributed by atoms with van der Waals surface area (Å²) < 4.78 is 27.1. The number of terminal acetylenes is 1. The van der Waals surface area contributed by atoms with Crippen LogP contribution in [0.2, 0.25) is 0 Å². The van der Waals surface area contributed by atoms with E-state index < -0.39 is 16.0 Å². The van der Waals surface area contributed by atoms with Crippen LogP contribution in [0.5, 0.6) is 0 Å². The predicted octanol–water partition coefficient (Wildman–Crippen LogP) is 0.410. The van der Waals surface area contributed by atoms with E-state index in [-0.39, 0.29) is 16.0 Å². The average molecular weight is 253 g/mol. The number of rotatable bonds is 2. The second-order valence-corrected chi connectivity index (χ2v) is 4.87. The first-order valence-electron chi connectivity index (χ1n) is 4.53. The number of benzene rings is 1. The minimum absolute atomic E-state index is 0.00428. The summed E-state index contributed by atoms with van der Waals surface area (Å²) in [7, 11) is -2.72. The lowest BCUT2D eigenvalue weighted by molar-refractivity contribution is 0.0600. The molecule has 0 spiro atoms. The third-order valence-corrected chi connectivity index (χ3v) is 3.24. The number of primary sulfonamides is 1. The van der Waals surface area contributed by atoms with E-state index in [4.69, 9.17) is 11.6 Å². The Hall–Kier alpha value is -1.84. The molecule has 0 aliphatic rings. The van der Waals surface area contributed by atoms with Gasteiger partial charge in [0.25, 0.3) is 0 Å². The summed E-state index contributed by atoms with van der Waals surface area (Å²) in [6, 6.07) is 2.54.